The molecule has 2 aromatic heterocycles. The molecular weight excluding hydrogens is 368 g/mol. The van der Waals surface area contributed by atoms with Crippen LogP contribution >= 0.6 is 0 Å². The van der Waals surface area contributed by atoms with Crippen molar-refractivity contribution in [1.82, 2.24) is 14.9 Å². The van der Waals surface area contributed by atoms with Crippen molar-refractivity contribution >= 4 is 33.6 Å². The quantitative estimate of drug-likeness (QED) is 0.541. The van der Waals surface area contributed by atoms with Crippen LogP contribution in [0.15, 0.2) is 35.1 Å². The zero-order valence-corrected chi connectivity index (χ0v) is 16.9. The summed E-state index contributed by atoms with van der Waals surface area (Å²) in [6.07, 6.45) is 1.10. The molecular formula is C22H26N4O3. The van der Waals surface area contributed by atoms with E-state index in [9.17, 15) is 9.59 Å². The summed E-state index contributed by atoms with van der Waals surface area (Å²) in [5.74, 6) is -0.499. The lowest BCUT2D eigenvalue weighted by Crippen LogP contribution is -2.27. The Balaban J connectivity index is 1.88. The number of aromatic nitrogens is 2. The average Bonchev–Trinajstić information content (AvgIpc) is 3.02. The van der Waals surface area contributed by atoms with Crippen molar-refractivity contribution in [1.29, 1.82) is 0 Å². The van der Waals surface area contributed by atoms with Crippen LogP contribution in [0, 0.1) is 0 Å². The highest BCUT2D eigenvalue weighted by Gasteiger charge is 2.18. The number of aryl methyl sites for hydroxylation is 1. The second kappa shape index (κ2) is 8.21. The number of carbonyl (C=O) groups is 1. The maximum absolute atomic E-state index is 12.7. The van der Waals surface area contributed by atoms with Gasteiger partial charge < -0.3 is 19.5 Å². The molecule has 0 atom stereocenters. The first-order chi connectivity index (χ1) is 14.1. The van der Waals surface area contributed by atoms with Gasteiger partial charge in [-0.2, -0.15) is 0 Å². The van der Waals surface area contributed by atoms with Gasteiger partial charge in [-0.15, -0.1) is 0 Å². The molecule has 3 heterocycles. The van der Waals surface area contributed by atoms with Crippen LogP contribution in [0.25, 0.3) is 21.9 Å². The Labute approximate surface area is 169 Å². The highest BCUT2D eigenvalue weighted by atomic mass is 16.5. The maximum Gasteiger partial charge on any atom is 0.355 e. The Hall–Kier alpha value is -2.93. The zero-order valence-electron chi connectivity index (χ0n) is 16.9. The largest absolute Gasteiger partial charge is 0.461 e. The van der Waals surface area contributed by atoms with Crippen LogP contribution in [0.2, 0.25) is 0 Å². The fraction of sp³-hybridized carbons (Fsp3) is 0.409. The van der Waals surface area contributed by atoms with Crippen molar-refractivity contribution in [3.8, 4) is 0 Å². The van der Waals surface area contributed by atoms with Crippen molar-refractivity contribution < 1.29 is 9.53 Å². The number of hydrogen-bond acceptors (Lipinski definition) is 6. The Bertz CT molecular complexity index is 1110. The first-order valence-corrected chi connectivity index (χ1v) is 10.2. The molecule has 0 aliphatic carbocycles. The van der Waals surface area contributed by atoms with Gasteiger partial charge in [0.25, 0.3) is 0 Å². The van der Waals surface area contributed by atoms with E-state index < -0.39 is 5.97 Å². The summed E-state index contributed by atoms with van der Waals surface area (Å²) in [7, 11) is 0. The number of nitrogens with zero attached hydrogens (tertiary/aromatic N) is 3. The van der Waals surface area contributed by atoms with Gasteiger partial charge in [-0.05, 0) is 45.0 Å². The van der Waals surface area contributed by atoms with Gasteiger partial charge in [0.15, 0.2) is 5.43 Å². The number of carbonyl (C=O) groups excluding carboxylic acids is 1. The third-order valence-electron chi connectivity index (χ3n) is 5.37. The Kier molecular flexibility index (Phi) is 5.49. The maximum atomic E-state index is 12.7. The van der Waals surface area contributed by atoms with Crippen LogP contribution in [-0.2, 0) is 11.3 Å². The highest BCUT2D eigenvalue weighted by molar-refractivity contribution is 5.96. The van der Waals surface area contributed by atoms with E-state index in [4.69, 9.17) is 9.72 Å². The number of fused-ring (bicyclic) bond motifs is 2. The first-order valence-electron chi connectivity index (χ1n) is 10.2. The second-order valence-electron chi connectivity index (χ2n) is 7.19. The molecule has 1 aromatic carbocycles. The Morgan fingerprint density at radius 1 is 1.17 bits per heavy atom. The van der Waals surface area contributed by atoms with Crippen molar-refractivity contribution in [2.24, 2.45) is 0 Å². The summed E-state index contributed by atoms with van der Waals surface area (Å²) in [6.45, 7) is 8.39. The lowest BCUT2D eigenvalue weighted by Gasteiger charge is -2.22. The summed E-state index contributed by atoms with van der Waals surface area (Å²) >= 11 is 0. The van der Waals surface area contributed by atoms with Crippen LogP contribution in [0.5, 0.6) is 0 Å². The molecule has 0 bridgehead atoms. The molecule has 1 aliphatic heterocycles. The topological polar surface area (TPSA) is 76.5 Å². The van der Waals surface area contributed by atoms with E-state index in [2.05, 4.69) is 22.3 Å². The number of anilines is 1. The van der Waals surface area contributed by atoms with Gasteiger partial charge in [-0.3, -0.25) is 4.79 Å². The van der Waals surface area contributed by atoms with Crippen LogP contribution in [0.1, 0.15) is 30.8 Å². The van der Waals surface area contributed by atoms with Crippen molar-refractivity contribution in [3.63, 3.8) is 0 Å². The summed E-state index contributed by atoms with van der Waals surface area (Å²) in [5.41, 5.74) is 2.48. The van der Waals surface area contributed by atoms with E-state index in [1.54, 1.807) is 11.5 Å². The van der Waals surface area contributed by atoms with Crippen molar-refractivity contribution in [3.05, 3.63) is 46.2 Å². The van der Waals surface area contributed by atoms with Crippen LogP contribution in [0.4, 0.5) is 5.69 Å². The van der Waals surface area contributed by atoms with Gasteiger partial charge in [-0.1, -0.05) is 6.07 Å². The minimum atomic E-state index is -0.499. The standard InChI is InChI=1S/C22H26N4O3/c1-3-26-19(22(28)29-4-2)14-20(27)17-12-15-6-7-16(13-18(15)24-21(17)26)25-10-5-8-23-9-11-25/h6-7,12-14,23H,3-5,8-11H2,1-2H3. The number of ether oxygens (including phenoxy) is 1. The molecule has 1 fully saturated rings. The van der Waals surface area contributed by atoms with Gasteiger partial charge in [0.05, 0.1) is 17.5 Å². The fourth-order valence-electron chi connectivity index (χ4n) is 3.92. The fourth-order valence-corrected chi connectivity index (χ4v) is 3.92. The summed E-state index contributed by atoms with van der Waals surface area (Å²) in [5, 5.41) is 4.85. The SMILES string of the molecule is CCOC(=O)c1cc(=O)c2cc3ccc(N4CCCNCC4)cc3nc2n1CC. The summed E-state index contributed by atoms with van der Waals surface area (Å²) in [6, 6.07) is 9.41. The van der Waals surface area contributed by atoms with Gasteiger partial charge >= 0.3 is 5.97 Å². The Morgan fingerprint density at radius 2 is 2.03 bits per heavy atom. The van der Waals surface area contributed by atoms with Crippen molar-refractivity contribution in [2.45, 2.75) is 26.8 Å². The van der Waals surface area contributed by atoms with E-state index >= 15 is 0 Å². The molecule has 1 N–H and O–H groups in total. The number of hydrogen-bond donors (Lipinski definition) is 1. The third-order valence-corrected chi connectivity index (χ3v) is 5.37. The molecule has 3 aromatic rings. The Morgan fingerprint density at radius 3 is 2.83 bits per heavy atom. The monoisotopic (exact) mass is 394 g/mol. The molecule has 4 rings (SSSR count). The molecule has 7 nitrogen and oxygen atoms in total. The normalized spacial score (nSPS) is 14.9. The number of esters is 1. The summed E-state index contributed by atoms with van der Waals surface area (Å²) in [4.78, 5) is 32.2. The molecule has 7 heteroatoms. The smallest absolute Gasteiger partial charge is 0.355 e. The molecule has 0 saturated carbocycles. The second-order valence-corrected chi connectivity index (χ2v) is 7.19. The van der Waals surface area contributed by atoms with Crippen LogP contribution in [-0.4, -0.2) is 48.3 Å². The minimum Gasteiger partial charge on any atom is -0.461 e. The third kappa shape index (κ3) is 3.70. The van der Waals surface area contributed by atoms with Gasteiger partial charge in [0.1, 0.15) is 11.3 Å². The predicted octanol–water partition coefficient (Wildman–Crippen LogP) is 2.55. The molecule has 29 heavy (non-hydrogen) atoms. The predicted molar refractivity (Wildman–Crippen MR) is 115 cm³/mol. The van der Waals surface area contributed by atoms with Gasteiger partial charge in [0.2, 0.25) is 0 Å². The van der Waals surface area contributed by atoms with Gasteiger partial charge in [-0.25, -0.2) is 9.78 Å². The van der Waals surface area contributed by atoms with Crippen LogP contribution < -0.4 is 15.6 Å². The molecule has 0 spiro atoms. The number of pyridine rings is 2. The number of rotatable bonds is 4. The number of benzene rings is 1. The van der Waals surface area contributed by atoms with Gasteiger partial charge in [0, 0.05) is 43.3 Å². The highest BCUT2D eigenvalue weighted by Crippen LogP contribution is 2.24. The van der Waals surface area contributed by atoms with E-state index in [0.717, 1.165) is 49.2 Å². The average molecular weight is 394 g/mol. The van der Waals surface area contributed by atoms with E-state index in [1.165, 1.54) is 6.07 Å². The lowest BCUT2D eigenvalue weighted by atomic mass is 10.1. The van der Waals surface area contributed by atoms with E-state index in [1.807, 2.05) is 19.1 Å². The number of nitrogens with one attached hydrogen (secondary N) is 1. The van der Waals surface area contributed by atoms with E-state index in [-0.39, 0.29) is 17.7 Å². The molecule has 1 saturated heterocycles. The lowest BCUT2D eigenvalue weighted by molar-refractivity contribution is 0.0513. The zero-order chi connectivity index (χ0) is 20.4. The molecule has 0 unspecified atom stereocenters. The van der Waals surface area contributed by atoms with Crippen molar-refractivity contribution in [2.75, 3.05) is 37.7 Å². The first kappa shape index (κ1) is 19.4. The molecule has 152 valence electrons. The molecule has 0 amide bonds. The van der Waals surface area contributed by atoms with Crippen LogP contribution in [0.3, 0.4) is 0 Å². The van der Waals surface area contributed by atoms with E-state index in [0.29, 0.717) is 17.6 Å². The summed E-state index contributed by atoms with van der Waals surface area (Å²) < 4.78 is 6.89. The minimum absolute atomic E-state index is 0.218. The molecule has 1 aliphatic rings. The molecule has 0 radical (unpaired) electrons.